The molecule has 0 unspecified atom stereocenters. The van der Waals surface area contributed by atoms with E-state index >= 15 is 0 Å². The molecule has 0 aliphatic carbocycles. The van der Waals surface area contributed by atoms with Gasteiger partial charge >= 0.3 is 11.9 Å². The highest BCUT2D eigenvalue weighted by Gasteiger charge is 2.48. The van der Waals surface area contributed by atoms with Gasteiger partial charge < -0.3 is 38.9 Å². The van der Waals surface area contributed by atoms with Gasteiger partial charge in [0.15, 0.2) is 32.1 Å². The fraction of sp³-hybridized carbons (Fsp3) is 0.608. The summed E-state index contributed by atoms with van der Waals surface area (Å²) in [6.45, 7) is 14.9. The quantitative estimate of drug-likeness (QED) is 0.0171. The lowest BCUT2D eigenvalue weighted by atomic mass is 9.83. The van der Waals surface area contributed by atoms with Crippen LogP contribution < -0.4 is 10.1 Å². The molecule has 1 fully saturated rings. The minimum absolute atomic E-state index is 0.0637. The summed E-state index contributed by atoms with van der Waals surface area (Å²) in [5.41, 5.74) is -1.62. The van der Waals surface area contributed by atoms with Gasteiger partial charge in [-0.2, -0.15) is 0 Å². The van der Waals surface area contributed by atoms with E-state index in [4.69, 9.17) is 23.4 Å². The number of amides is 1. The Hall–Kier alpha value is -4.32. The van der Waals surface area contributed by atoms with Crippen LogP contribution in [0.3, 0.4) is 0 Å². The Labute approximate surface area is 383 Å². The first-order valence-electron chi connectivity index (χ1n) is 23.2. The molecule has 1 aliphatic rings. The van der Waals surface area contributed by atoms with Crippen LogP contribution in [-0.4, -0.2) is 92.6 Å². The highest BCUT2D eigenvalue weighted by atomic mass is 28.4. The van der Waals surface area contributed by atoms with Crippen molar-refractivity contribution in [3.63, 3.8) is 0 Å². The van der Waals surface area contributed by atoms with Crippen molar-refractivity contribution in [2.24, 2.45) is 5.92 Å². The first-order chi connectivity index (χ1) is 30.5. The molecule has 1 aliphatic heterocycles. The van der Waals surface area contributed by atoms with Crippen LogP contribution in [0, 0.1) is 17.8 Å². The van der Waals surface area contributed by atoms with E-state index in [0.717, 1.165) is 44.9 Å². The number of hydrogen-bond donors (Lipinski definition) is 3. The molecule has 2 aromatic rings. The van der Waals surface area contributed by atoms with Crippen LogP contribution in [0.25, 0.3) is 0 Å². The molecule has 3 N–H and O–H groups in total. The fourth-order valence-electron chi connectivity index (χ4n) is 7.24. The zero-order valence-corrected chi connectivity index (χ0v) is 40.5. The van der Waals surface area contributed by atoms with Crippen LogP contribution in [-0.2, 0) is 39.4 Å². The van der Waals surface area contributed by atoms with Crippen LogP contribution in [0.4, 0.5) is 0 Å². The summed E-state index contributed by atoms with van der Waals surface area (Å²) in [5, 5.41) is 25.1. The second-order valence-corrected chi connectivity index (χ2v) is 23.0. The molecule has 354 valence electrons. The van der Waals surface area contributed by atoms with Crippen molar-refractivity contribution < 1.29 is 52.8 Å². The molecule has 0 aromatic heterocycles. The topological polar surface area (TPSA) is 167 Å². The van der Waals surface area contributed by atoms with E-state index in [1.54, 1.807) is 67.6 Å². The highest BCUT2D eigenvalue weighted by molar-refractivity contribution is 6.74. The third kappa shape index (κ3) is 17.9. The summed E-state index contributed by atoms with van der Waals surface area (Å²) in [4.78, 5) is 54.1. The second kappa shape index (κ2) is 27.2. The van der Waals surface area contributed by atoms with Gasteiger partial charge in [0, 0.05) is 37.9 Å². The molecule has 2 aromatic carbocycles. The smallest absolute Gasteiger partial charge is 0.336 e. The largest absolute Gasteiger partial charge is 0.481 e. The van der Waals surface area contributed by atoms with Crippen molar-refractivity contribution in [2.75, 3.05) is 33.0 Å². The van der Waals surface area contributed by atoms with E-state index in [1.807, 2.05) is 13.1 Å². The summed E-state index contributed by atoms with van der Waals surface area (Å²) in [6, 6.07) is 13.9. The Morgan fingerprint density at radius 3 is 2.12 bits per heavy atom. The van der Waals surface area contributed by atoms with Crippen molar-refractivity contribution in [2.45, 2.75) is 160 Å². The first kappa shape index (κ1) is 54.0. The van der Waals surface area contributed by atoms with Crippen LogP contribution in [0.2, 0.25) is 18.1 Å². The Bertz CT molecular complexity index is 1820. The number of carboxylic acid groups (broad SMARTS) is 1. The van der Waals surface area contributed by atoms with Crippen LogP contribution in [0.5, 0.6) is 5.75 Å². The number of ether oxygens (including phenoxy) is 4. The van der Waals surface area contributed by atoms with Crippen LogP contribution in [0.1, 0.15) is 134 Å². The number of nitrogens with one attached hydrogen (secondary N) is 1. The number of carboxylic acids is 1. The summed E-state index contributed by atoms with van der Waals surface area (Å²) in [6.07, 6.45) is 14.4. The van der Waals surface area contributed by atoms with Gasteiger partial charge in [-0.3, -0.25) is 9.59 Å². The first-order valence-corrected chi connectivity index (χ1v) is 26.1. The SMILES string of the molecule is CC#CCOc1ccc(C[C@H](NC(=O)[C@@H](/C=C/CCCCCCC2(CCCCCCC)OCCO2)[C@@](O)(CCO[Si](C)(C)C(C)(C)C)C(=O)O)C(=O)OCC(=O)c2ccccc2)cc1. The molecule has 13 heteroatoms. The molecule has 0 spiro atoms. The Morgan fingerprint density at radius 2 is 1.53 bits per heavy atom. The van der Waals surface area contributed by atoms with E-state index in [2.05, 4.69) is 44.9 Å². The lowest BCUT2D eigenvalue weighted by molar-refractivity contribution is -0.168. The summed E-state index contributed by atoms with van der Waals surface area (Å²) < 4.78 is 29.6. The lowest BCUT2D eigenvalue weighted by Crippen LogP contribution is -2.55. The number of carbonyl (C=O) groups excluding carboxylic acids is 3. The standard InChI is InChI=1S/C51H75NO11Si/c1-8-10-12-16-22-31-50(61-36-37-62-50)32-23-17-14-13-15-21-26-43(51(58,48(56)57)33-35-63-64(6,7)49(3,4)5)46(54)52-44(38-40-27-29-42(30-28-40)59-34-11-9-2)47(55)60-39-45(53)41-24-19-18-20-25-41/h18-21,24-30,43-44,58H,8,10,12-17,22-23,31-39H2,1-7H3,(H,52,54)(H,56,57)/b26-21+/t43-,44+,51+/m1/s1. The molecule has 0 bridgehead atoms. The van der Waals surface area contributed by atoms with Crippen molar-refractivity contribution in [1.29, 1.82) is 0 Å². The fourth-order valence-corrected chi connectivity index (χ4v) is 8.28. The second-order valence-electron chi connectivity index (χ2n) is 18.2. The molecule has 3 atom stereocenters. The van der Waals surface area contributed by atoms with Gasteiger partial charge in [0.2, 0.25) is 5.91 Å². The van der Waals surface area contributed by atoms with Gasteiger partial charge in [-0.25, -0.2) is 9.59 Å². The number of aliphatic hydroxyl groups is 1. The normalized spacial score (nSPS) is 15.7. The predicted octanol–water partition coefficient (Wildman–Crippen LogP) is 9.39. The molecular weight excluding hydrogens is 831 g/mol. The summed E-state index contributed by atoms with van der Waals surface area (Å²) in [5.74, 6) is 0.227. The van der Waals surface area contributed by atoms with E-state index in [-0.39, 0.29) is 31.1 Å². The molecule has 1 heterocycles. The Morgan fingerprint density at radius 1 is 0.906 bits per heavy atom. The zero-order chi connectivity index (χ0) is 47.1. The Kier molecular flexibility index (Phi) is 23.0. The van der Waals surface area contributed by atoms with Crippen molar-refractivity contribution in [3.05, 3.63) is 77.9 Å². The predicted molar refractivity (Wildman–Crippen MR) is 251 cm³/mol. The molecule has 64 heavy (non-hydrogen) atoms. The molecule has 1 saturated heterocycles. The maximum Gasteiger partial charge on any atom is 0.336 e. The molecular formula is C51H75NO11Si. The molecule has 3 rings (SSSR count). The third-order valence-electron chi connectivity index (χ3n) is 12.3. The molecule has 0 radical (unpaired) electrons. The number of Topliss-reactive ketones (excluding diaryl/α,β-unsaturated/α-hetero) is 1. The molecule has 0 saturated carbocycles. The lowest BCUT2D eigenvalue weighted by Gasteiger charge is -2.37. The average Bonchev–Trinajstić information content (AvgIpc) is 3.73. The number of esters is 1. The van der Waals surface area contributed by atoms with Gasteiger partial charge in [0.25, 0.3) is 0 Å². The maximum absolute atomic E-state index is 14.4. The van der Waals surface area contributed by atoms with E-state index in [1.165, 1.54) is 31.8 Å². The van der Waals surface area contributed by atoms with Crippen LogP contribution in [0.15, 0.2) is 66.7 Å². The Balaban J connectivity index is 1.80. The van der Waals surface area contributed by atoms with Gasteiger partial charge in [0.1, 0.15) is 18.4 Å². The van der Waals surface area contributed by atoms with Gasteiger partial charge in [-0.1, -0.05) is 127 Å². The van der Waals surface area contributed by atoms with Crippen molar-refractivity contribution in [3.8, 4) is 17.6 Å². The minimum atomic E-state index is -2.59. The van der Waals surface area contributed by atoms with E-state index in [0.29, 0.717) is 36.5 Å². The monoisotopic (exact) mass is 906 g/mol. The van der Waals surface area contributed by atoms with Crippen molar-refractivity contribution in [1.82, 2.24) is 5.32 Å². The highest BCUT2D eigenvalue weighted by Crippen LogP contribution is 2.37. The minimum Gasteiger partial charge on any atom is -0.481 e. The van der Waals surface area contributed by atoms with Crippen molar-refractivity contribution >= 4 is 31.9 Å². The molecule has 1 amide bonds. The maximum atomic E-state index is 14.4. The number of carbonyl (C=O) groups is 4. The number of benzene rings is 2. The zero-order valence-electron chi connectivity index (χ0n) is 39.5. The average molecular weight is 906 g/mol. The third-order valence-corrected chi connectivity index (χ3v) is 16.8. The van der Waals surface area contributed by atoms with E-state index in [9.17, 15) is 29.4 Å². The summed E-state index contributed by atoms with van der Waals surface area (Å²) >= 11 is 0. The number of unbranched alkanes of at least 4 members (excludes halogenated alkanes) is 8. The number of rotatable bonds is 30. The van der Waals surface area contributed by atoms with Crippen LogP contribution >= 0.6 is 0 Å². The molecule has 12 nitrogen and oxygen atoms in total. The number of aliphatic carboxylic acids is 1. The number of hydrogen-bond acceptors (Lipinski definition) is 10. The number of ketones is 1. The number of allylic oxidation sites excluding steroid dienone is 1. The van der Waals surface area contributed by atoms with Gasteiger partial charge in [0.05, 0.1) is 19.1 Å². The van der Waals surface area contributed by atoms with Gasteiger partial charge in [-0.15, -0.1) is 5.92 Å². The van der Waals surface area contributed by atoms with Gasteiger partial charge in [-0.05, 0) is 68.4 Å². The summed E-state index contributed by atoms with van der Waals surface area (Å²) in [7, 11) is -2.36. The van der Waals surface area contributed by atoms with E-state index < -0.39 is 61.9 Å².